The minimum absolute atomic E-state index is 0.346. The number of halogens is 1. The lowest BCUT2D eigenvalue weighted by atomic mass is 10.0. The second kappa shape index (κ2) is 6.79. The Hall–Kier alpha value is -2.40. The maximum Gasteiger partial charge on any atom is 0.338 e. The number of hydrogen-bond acceptors (Lipinski definition) is 3. The van der Waals surface area contributed by atoms with Gasteiger partial charge in [-0.2, -0.15) is 0 Å². The standard InChI is InChI=1S/C18H17FO4/c19-16-6-5-13(9-15(16)18(20)21)14-3-1-2-4-17(14)23-11-12-7-8-22-10-12/h1-6,9,12H,7-8,10-11H2,(H,20,21). The van der Waals surface area contributed by atoms with Gasteiger partial charge in [0.1, 0.15) is 11.6 Å². The Kier molecular flexibility index (Phi) is 4.57. The van der Waals surface area contributed by atoms with Gasteiger partial charge in [0, 0.05) is 18.1 Å². The van der Waals surface area contributed by atoms with Crippen LogP contribution in [0.4, 0.5) is 4.39 Å². The van der Waals surface area contributed by atoms with E-state index < -0.39 is 11.8 Å². The van der Waals surface area contributed by atoms with E-state index in [0.29, 0.717) is 30.4 Å². The Labute approximate surface area is 133 Å². The lowest BCUT2D eigenvalue weighted by Gasteiger charge is -2.14. The minimum atomic E-state index is -1.29. The van der Waals surface area contributed by atoms with Gasteiger partial charge in [-0.25, -0.2) is 9.18 Å². The van der Waals surface area contributed by atoms with E-state index in [1.54, 1.807) is 6.07 Å². The number of carboxylic acids is 1. The van der Waals surface area contributed by atoms with Gasteiger partial charge in [0.25, 0.3) is 0 Å². The number of carboxylic acid groups (broad SMARTS) is 1. The molecule has 0 radical (unpaired) electrons. The monoisotopic (exact) mass is 316 g/mol. The number of para-hydroxylation sites is 1. The number of carbonyl (C=O) groups is 1. The highest BCUT2D eigenvalue weighted by Gasteiger charge is 2.18. The molecule has 23 heavy (non-hydrogen) atoms. The summed E-state index contributed by atoms with van der Waals surface area (Å²) in [7, 11) is 0. The van der Waals surface area contributed by atoms with Crippen molar-refractivity contribution in [2.24, 2.45) is 5.92 Å². The zero-order valence-corrected chi connectivity index (χ0v) is 12.5. The van der Waals surface area contributed by atoms with Crippen molar-refractivity contribution in [1.82, 2.24) is 0 Å². The van der Waals surface area contributed by atoms with Crippen LogP contribution < -0.4 is 4.74 Å². The highest BCUT2D eigenvalue weighted by molar-refractivity contribution is 5.90. The lowest BCUT2D eigenvalue weighted by Crippen LogP contribution is -2.12. The first-order chi connectivity index (χ1) is 11.1. The van der Waals surface area contributed by atoms with Crippen LogP contribution in [0.1, 0.15) is 16.8 Å². The smallest absolute Gasteiger partial charge is 0.338 e. The van der Waals surface area contributed by atoms with E-state index in [0.717, 1.165) is 18.6 Å². The van der Waals surface area contributed by atoms with E-state index in [-0.39, 0.29) is 5.56 Å². The summed E-state index contributed by atoms with van der Waals surface area (Å²) in [5.41, 5.74) is 1.01. The van der Waals surface area contributed by atoms with Crippen LogP contribution in [-0.4, -0.2) is 30.9 Å². The molecule has 1 N–H and O–H groups in total. The summed E-state index contributed by atoms with van der Waals surface area (Å²) < 4.78 is 24.8. The van der Waals surface area contributed by atoms with Crippen molar-refractivity contribution < 1.29 is 23.8 Å². The molecule has 1 aliphatic rings. The molecule has 5 heteroatoms. The van der Waals surface area contributed by atoms with E-state index in [1.165, 1.54) is 12.1 Å². The SMILES string of the molecule is O=C(O)c1cc(-c2ccccc2OCC2CCOC2)ccc1F. The van der Waals surface area contributed by atoms with E-state index in [1.807, 2.05) is 24.3 Å². The molecule has 0 aliphatic carbocycles. The summed E-state index contributed by atoms with van der Waals surface area (Å²) >= 11 is 0. The fourth-order valence-electron chi connectivity index (χ4n) is 2.61. The van der Waals surface area contributed by atoms with Gasteiger partial charge in [-0.3, -0.25) is 0 Å². The van der Waals surface area contributed by atoms with E-state index in [9.17, 15) is 9.18 Å². The first-order valence-electron chi connectivity index (χ1n) is 7.48. The van der Waals surface area contributed by atoms with Crippen LogP contribution in [0.25, 0.3) is 11.1 Å². The fourth-order valence-corrected chi connectivity index (χ4v) is 2.61. The first-order valence-corrected chi connectivity index (χ1v) is 7.48. The van der Waals surface area contributed by atoms with Gasteiger partial charge >= 0.3 is 5.97 Å². The molecule has 1 heterocycles. The molecule has 2 aromatic carbocycles. The molecule has 1 atom stereocenters. The molecule has 120 valence electrons. The second-order valence-corrected chi connectivity index (χ2v) is 5.54. The summed E-state index contributed by atoms with van der Waals surface area (Å²) in [4.78, 5) is 11.1. The summed E-state index contributed by atoms with van der Waals surface area (Å²) in [6, 6.07) is 11.4. The average molecular weight is 316 g/mol. The van der Waals surface area contributed by atoms with Crippen molar-refractivity contribution in [3.63, 3.8) is 0 Å². The molecular weight excluding hydrogens is 299 g/mol. The molecule has 1 unspecified atom stereocenters. The molecule has 0 spiro atoms. The molecule has 0 amide bonds. The molecule has 1 saturated heterocycles. The van der Waals surface area contributed by atoms with Gasteiger partial charge < -0.3 is 14.6 Å². The van der Waals surface area contributed by atoms with Gasteiger partial charge in [-0.05, 0) is 30.2 Å². The van der Waals surface area contributed by atoms with Crippen molar-refractivity contribution in [3.8, 4) is 16.9 Å². The van der Waals surface area contributed by atoms with Crippen LogP contribution in [-0.2, 0) is 4.74 Å². The van der Waals surface area contributed by atoms with Crippen LogP contribution in [0.3, 0.4) is 0 Å². The second-order valence-electron chi connectivity index (χ2n) is 5.54. The van der Waals surface area contributed by atoms with Crippen molar-refractivity contribution in [2.75, 3.05) is 19.8 Å². The van der Waals surface area contributed by atoms with Crippen molar-refractivity contribution in [1.29, 1.82) is 0 Å². The quantitative estimate of drug-likeness (QED) is 0.915. The molecule has 3 rings (SSSR count). The number of aromatic carboxylic acids is 1. The van der Waals surface area contributed by atoms with Gasteiger partial charge in [-0.15, -0.1) is 0 Å². The number of hydrogen-bond donors (Lipinski definition) is 1. The summed E-state index contributed by atoms with van der Waals surface area (Å²) in [5, 5.41) is 9.07. The van der Waals surface area contributed by atoms with E-state index in [4.69, 9.17) is 14.6 Å². The third kappa shape index (κ3) is 3.51. The maximum absolute atomic E-state index is 13.6. The molecule has 0 saturated carbocycles. The van der Waals surface area contributed by atoms with Gasteiger partial charge in [0.05, 0.1) is 18.8 Å². The van der Waals surface area contributed by atoms with Crippen LogP contribution >= 0.6 is 0 Å². The summed E-state index contributed by atoms with van der Waals surface area (Å²) in [6.07, 6.45) is 0.974. The Morgan fingerprint density at radius 3 is 2.87 bits per heavy atom. The average Bonchev–Trinajstić information content (AvgIpc) is 3.07. The summed E-state index contributed by atoms with van der Waals surface area (Å²) in [6.45, 7) is 2.00. The number of ether oxygens (including phenoxy) is 2. The first kappa shape index (κ1) is 15.5. The predicted octanol–water partition coefficient (Wildman–Crippen LogP) is 3.61. The molecular formula is C18H17FO4. The Bertz CT molecular complexity index is 708. The van der Waals surface area contributed by atoms with Gasteiger partial charge in [0.15, 0.2) is 0 Å². The molecule has 0 bridgehead atoms. The largest absolute Gasteiger partial charge is 0.493 e. The van der Waals surface area contributed by atoms with E-state index >= 15 is 0 Å². The Morgan fingerprint density at radius 2 is 2.13 bits per heavy atom. The Balaban J connectivity index is 1.87. The van der Waals surface area contributed by atoms with Gasteiger partial charge in [0.2, 0.25) is 0 Å². The fraction of sp³-hybridized carbons (Fsp3) is 0.278. The third-order valence-corrected chi connectivity index (χ3v) is 3.89. The van der Waals surface area contributed by atoms with E-state index in [2.05, 4.69) is 0 Å². The van der Waals surface area contributed by atoms with Crippen LogP contribution in [0.5, 0.6) is 5.75 Å². The van der Waals surface area contributed by atoms with Crippen molar-refractivity contribution >= 4 is 5.97 Å². The number of rotatable bonds is 5. The molecule has 0 aromatic heterocycles. The van der Waals surface area contributed by atoms with Crippen LogP contribution in [0, 0.1) is 11.7 Å². The highest BCUT2D eigenvalue weighted by Crippen LogP contribution is 2.31. The lowest BCUT2D eigenvalue weighted by molar-refractivity contribution is 0.0692. The topological polar surface area (TPSA) is 55.8 Å². The Morgan fingerprint density at radius 1 is 1.30 bits per heavy atom. The predicted molar refractivity (Wildman–Crippen MR) is 83.2 cm³/mol. The zero-order valence-electron chi connectivity index (χ0n) is 12.5. The summed E-state index contributed by atoms with van der Waals surface area (Å²) in [5.74, 6) is -1.01. The van der Waals surface area contributed by atoms with Crippen molar-refractivity contribution in [3.05, 3.63) is 53.8 Å². The van der Waals surface area contributed by atoms with Crippen molar-refractivity contribution in [2.45, 2.75) is 6.42 Å². The zero-order chi connectivity index (χ0) is 16.2. The number of benzene rings is 2. The van der Waals surface area contributed by atoms with Crippen LogP contribution in [0.15, 0.2) is 42.5 Å². The molecule has 2 aromatic rings. The van der Waals surface area contributed by atoms with Gasteiger partial charge in [-0.1, -0.05) is 24.3 Å². The normalized spacial score (nSPS) is 17.2. The molecule has 4 nitrogen and oxygen atoms in total. The maximum atomic E-state index is 13.6. The van der Waals surface area contributed by atoms with Crippen LogP contribution in [0.2, 0.25) is 0 Å². The molecule has 1 aliphatic heterocycles. The highest BCUT2D eigenvalue weighted by atomic mass is 19.1. The third-order valence-electron chi connectivity index (χ3n) is 3.89. The molecule has 1 fully saturated rings. The minimum Gasteiger partial charge on any atom is -0.493 e.